The van der Waals surface area contributed by atoms with Crippen LogP contribution in [-0.2, 0) is 4.79 Å². The highest BCUT2D eigenvalue weighted by molar-refractivity contribution is 5.76. The van der Waals surface area contributed by atoms with Crippen molar-refractivity contribution in [1.29, 1.82) is 0 Å². The van der Waals surface area contributed by atoms with Crippen LogP contribution in [-0.4, -0.2) is 34.4 Å². The molecule has 3 atom stereocenters. The zero-order valence-corrected chi connectivity index (χ0v) is 26.1. The topological polar surface area (TPSA) is 69.6 Å². The van der Waals surface area contributed by atoms with Crippen LogP contribution in [0.2, 0.25) is 0 Å². The SMILES string of the molecule is CCCCCCCCCCCCCCCC(=O)NC(C)C(O)CCCCCCCC(O)CCCCCCC. The van der Waals surface area contributed by atoms with Gasteiger partial charge in [0.15, 0.2) is 0 Å². The highest BCUT2D eigenvalue weighted by Gasteiger charge is 2.16. The van der Waals surface area contributed by atoms with E-state index in [0.717, 1.165) is 70.6 Å². The first-order chi connectivity index (χ1) is 18.5. The second-order valence-corrected chi connectivity index (χ2v) is 12.1. The first-order valence-electron chi connectivity index (χ1n) is 17.2. The molecule has 0 spiro atoms. The van der Waals surface area contributed by atoms with Crippen LogP contribution in [0.15, 0.2) is 0 Å². The molecule has 3 unspecified atom stereocenters. The number of unbranched alkanes of at least 4 members (excludes halogenated alkanes) is 20. The van der Waals surface area contributed by atoms with Crippen LogP contribution in [0.1, 0.15) is 194 Å². The van der Waals surface area contributed by atoms with Crippen molar-refractivity contribution >= 4 is 5.91 Å². The Morgan fingerprint density at radius 3 is 1.29 bits per heavy atom. The van der Waals surface area contributed by atoms with Gasteiger partial charge in [0.1, 0.15) is 0 Å². The van der Waals surface area contributed by atoms with Crippen LogP contribution < -0.4 is 5.32 Å². The van der Waals surface area contributed by atoms with Crippen molar-refractivity contribution in [2.24, 2.45) is 0 Å². The average Bonchev–Trinajstić information content (AvgIpc) is 2.90. The fourth-order valence-electron chi connectivity index (χ4n) is 5.37. The lowest BCUT2D eigenvalue weighted by Crippen LogP contribution is -2.41. The molecule has 3 N–H and O–H groups in total. The Morgan fingerprint density at radius 2 is 0.868 bits per heavy atom. The van der Waals surface area contributed by atoms with E-state index < -0.39 is 6.10 Å². The quantitative estimate of drug-likeness (QED) is 0.0795. The van der Waals surface area contributed by atoms with E-state index in [9.17, 15) is 15.0 Å². The molecule has 0 aromatic heterocycles. The number of aliphatic hydroxyl groups is 2. The zero-order valence-electron chi connectivity index (χ0n) is 26.1. The molecule has 0 rings (SSSR count). The summed E-state index contributed by atoms with van der Waals surface area (Å²) in [6.07, 6.45) is 31.6. The minimum absolute atomic E-state index is 0.0866. The van der Waals surface area contributed by atoms with Crippen LogP contribution in [0.25, 0.3) is 0 Å². The van der Waals surface area contributed by atoms with Crippen LogP contribution in [0.4, 0.5) is 0 Å². The second-order valence-electron chi connectivity index (χ2n) is 12.1. The summed E-state index contributed by atoms with van der Waals surface area (Å²) in [5.74, 6) is 0.0866. The minimum Gasteiger partial charge on any atom is -0.393 e. The lowest BCUT2D eigenvalue weighted by Gasteiger charge is -2.20. The Balaban J connectivity index is 3.50. The summed E-state index contributed by atoms with van der Waals surface area (Å²) in [4.78, 5) is 12.2. The van der Waals surface area contributed by atoms with Gasteiger partial charge in [0.2, 0.25) is 5.91 Å². The molecule has 0 fully saturated rings. The van der Waals surface area contributed by atoms with Crippen LogP contribution >= 0.6 is 0 Å². The predicted molar refractivity (Wildman–Crippen MR) is 166 cm³/mol. The Bertz CT molecular complexity index is 484. The van der Waals surface area contributed by atoms with E-state index in [2.05, 4.69) is 19.2 Å². The van der Waals surface area contributed by atoms with E-state index in [-0.39, 0.29) is 18.1 Å². The fourth-order valence-corrected chi connectivity index (χ4v) is 5.37. The summed E-state index contributed by atoms with van der Waals surface area (Å²) in [7, 11) is 0. The predicted octanol–water partition coefficient (Wildman–Crippen LogP) is 9.79. The number of carbonyl (C=O) groups is 1. The molecule has 0 heterocycles. The van der Waals surface area contributed by atoms with Gasteiger partial charge in [-0.15, -0.1) is 0 Å². The minimum atomic E-state index is -0.458. The average molecular weight is 540 g/mol. The van der Waals surface area contributed by atoms with Gasteiger partial charge in [0.05, 0.1) is 18.2 Å². The summed E-state index contributed by atoms with van der Waals surface area (Å²) in [6.45, 7) is 6.43. The molecule has 0 aromatic rings. The molecular formula is C34H69NO3. The highest BCUT2D eigenvalue weighted by atomic mass is 16.3. The van der Waals surface area contributed by atoms with Gasteiger partial charge in [-0.05, 0) is 32.6 Å². The molecular weight excluding hydrogens is 470 g/mol. The third kappa shape index (κ3) is 27.0. The number of carbonyl (C=O) groups excluding carboxylic acids is 1. The second kappa shape index (κ2) is 29.4. The molecule has 0 saturated carbocycles. The van der Waals surface area contributed by atoms with Gasteiger partial charge in [0, 0.05) is 6.42 Å². The van der Waals surface area contributed by atoms with Crippen molar-refractivity contribution < 1.29 is 15.0 Å². The normalized spacial score (nSPS) is 13.9. The summed E-state index contributed by atoms with van der Waals surface area (Å²) in [5.41, 5.74) is 0. The number of nitrogens with one attached hydrogen (secondary N) is 1. The molecule has 0 aliphatic rings. The standard InChI is InChI=1S/C34H69NO3/c1-4-6-8-10-11-12-13-14-15-16-17-22-26-30-34(38)35-31(3)33(37)29-25-21-18-20-24-28-32(36)27-23-19-9-7-5-2/h31-33,36-37H,4-30H2,1-3H3,(H,35,38). The smallest absolute Gasteiger partial charge is 0.220 e. The molecule has 0 bridgehead atoms. The molecule has 0 aromatic carbocycles. The maximum absolute atomic E-state index is 12.2. The van der Waals surface area contributed by atoms with Gasteiger partial charge in [-0.25, -0.2) is 0 Å². The van der Waals surface area contributed by atoms with Gasteiger partial charge in [0.25, 0.3) is 0 Å². The summed E-state index contributed by atoms with van der Waals surface area (Å²) in [5, 5.41) is 23.5. The number of hydrogen-bond acceptors (Lipinski definition) is 3. The monoisotopic (exact) mass is 540 g/mol. The maximum atomic E-state index is 12.2. The van der Waals surface area contributed by atoms with Crippen molar-refractivity contribution in [3.63, 3.8) is 0 Å². The van der Waals surface area contributed by atoms with Crippen molar-refractivity contribution in [1.82, 2.24) is 5.32 Å². The first kappa shape index (κ1) is 37.4. The number of hydrogen-bond donors (Lipinski definition) is 3. The number of aliphatic hydroxyl groups excluding tert-OH is 2. The van der Waals surface area contributed by atoms with E-state index in [1.54, 1.807) is 0 Å². The van der Waals surface area contributed by atoms with E-state index in [1.165, 1.54) is 96.3 Å². The van der Waals surface area contributed by atoms with E-state index in [1.807, 2.05) is 6.92 Å². The van der Waals surface area contributed by atoms with Gasteiger partial charge in [-0.2, -0.15) is 0 Å². The number of amides is 1. The Labute approximate surface area is 238 Å². The van der Waals surface area contributed by atoms with Crippen molar-refractivity contribution in [3.05, 3.63) is 0 Å². The van der Waals surface area contributed by atoms with Gasteiger partial charge < -0.3 is 15.5 Å². The Kier molecular flexibility index (Phi) is 28.9. The molecule has 4 nitrogen and oxygen atoms in total. The lowest BCUT2D eigenvalue weighted by atomic mass is 10.0. The first-order valence-corrected chi connectivity index (χ1v) is 17.2. The van der Waals surface area contributed by atoms with E-state index in [4.69, 9.17) is 0 Å². The van der Waals surface area contributed by atoms with Gasteiger partial charge in [-0.3, -0.25) is 4.79 Å². The Morgan fingerprint density at radius 1 is 0.526 bits per heavy atom. The molecule has 0 aliphatic heterocycles. The summed E-state index contributed by atoms with van der Waals surface area (Å²) >= 11 is 0. The maximum Gasteiger partial charge on any atom is 0.220 e. The highest BCUT2D eigenvalue weighted by Crippen LogP contribution is 2.15. The van der Waals surface area contributed by atoms with Gasteiger partial charge in [-0.1, -0.05) is 155 Å². The van der Waals surface area contributed by atoms with E-state index >= 15 is 0 Å². The van der Waals surface area contributed by atoms with Crippen molar-refractivity contribution in [3.8, 4) is 0 Å². The molecule has 0 saturated heterocycles. The van der Waals surface area contributed by atoms with Gasteiger partial charge >= 0.3 is 0 Å². The van der Waals surface area contributed by atoms with Crippen molar-refractivity contribution in [2.45, 2.75) is 212 Å². The third-order valence-corrected chi connectivity index (χ3v) is 8.15. The molecule has 4 heteroatoms. The van der Waals surface area contributed by atoms with Crippen molar-refractivity contribution in [2.75, 3.05) is 0 Å². The summed E-state index contributed by atoms with van der Waals surface area (Å²) < 4.78 is 0. The largest absolute Gasteiger partial charge is 0.393 e. The lowest BCUT2D eigenvalue weighted by molar-refractivity contribution is -0.122. The number of rotatable bonds is 30. The van der Waals surface area contributed by atoms with Crippen LogP contribution in [0, 0.1) is 0 Å². The summed E-state index contributed by atoms with van der Waals surface area (Å²) in [6, 6.07) is -0.169. The molecule has 0 radical (unpaired) electrons. The molecule has 228 valence electrons. The van der Waals surface area contributed by atoms with Crippen LogP contribution in [0.5, 0.6) is 0 Å². The molecule has 38 heavy (non-hydrogen) atoms. The Hall–Kier alpha value is -0.610. The zero-order chi connectivity index (χ0) is 28.1. The van der Waals surface area contributed by atoms with E-state index in [0.29, 0.717) is 6.42 Å². The molecule has 1 amide bonds. The molecule has 0 aliphatic carbocycles. The third-order valence-electron chi connectivity index (χ3n) is 8.15. The van der Waals surface area contributed by atoms with Crippen LogP contribution in [0.3, 0.4) is 0 Å². The fraction of sp³-hybridized carbons (Fsp3) is 0.971.